The Labute approximate surface area is 141 Å². The van der Waals surface area contributed by atoms with E-state index in [2.05, 4.69) is 15.0 Å². The molecule has 1 aromatic heterocycles. The Bertz CT molecular complexity index is 804. The van der Waals surface area contributed by atoms with Crippen LogP contribution in [0, 0.1) is 0 Å². The number of rotatable bonds is 7. The van der Waals surface area contributed by atoms with Crippen molar-refractivity contribution in [1.82, 2.24) is 15.0 Å². The Morgan fingerprint density at radius 1 is 1.17 bits per heavy atom. The van der Waals surface area contributed by atoms with Crippen LogP contribution in [0.25, 0.3) is 0 Å². The second-order valence-corrected chi connectivity index (χ2v) is 6.93. The summed E-state index contributed by atoms with van der Waals surface area (Å²) in [7, 11) is -0.510. The van der Waals surface area contributed by atoms with Gasteiger partial charge < -0.3 is 10.1 Å². The van der Waals surface area contributed by atoms with Crippen LogP contribution in [0.4, 0.5) is 0 Å². The first-order chi connectivity index (χ1) is 11.4. The summed E-state index contributed by atoms with van der Waals surface area (Å²) in [6.07, 6.45) is 1.42. The summed E-state index contributed by atoms with van der Waals surface area (Å²) in [5, 5.41) is 2.76. The Balaban J connectivity index is 2.07. The molecule has 8 heteroatoms. The topological polar surface area (TPSA) is 97.4 Å². The van der Waals surface area contributed by atoms with Crippen LogP contribution in [-0.4, -0.2) is 33.5 Å². The van der Waals surface area contributed by atoms with E-state index in [-0.39, 0.29) is 18.2 Å². The lowest BCUT2D eigenvalue weighted by Gasteiger charge is -2.11. The highest BCUT2D eigenvalue weighted by molar-refractivity contribution is 7.88. The van der Waals surface area contributed by atoms with E-state index in [0.29, 0.717) is 17.0 Å². The quantitative estimate of drug-likeness (QED) is 0.779. The molecule has 0 aliphatic carbocycles. The van der Waals surface area contributed by atoms with Crippen molar-refractivity contribution in [2.75, 3.05) is 14.2 Å². The van der Waals surface area contributed by atoms with Crippen LogP contribution >= 0.6 is 0 Å². The van der Waals surface area contributed by atoms with Gasteiger partial charge >= 0.3 is 0 Å². The zero-order chi connectivity index (χ0) is 17.6. The molecule has 0 radical (unpaired) electrons. The molecule has 0 saturated carbocycles. The summed E-state index contributed by atoms with van der Waals surface area (Å²) in [5.74, 6) is -0.00907. The van der Waals surface area contributed by atoms with Crippen LogP contribution < -0.4 is 14.8 Å². The van der Waals surface area contributed by atoms with Gasteiger partial charge in [-0.15, -0.1) is 0 Å². The van der Waals surface area contributed by atoms with E-state index in [4.69, 9.17) is 4.74 Å². The van der Waals surface area contributed by atoms with Gasteiger partial charge in [0.2, 0.25) is 15.9 Å². The van der Waals surface area contributed by atoms with Gasteiger partial charge in [0.25, 0.3) is 5.91 Å². The predicted octanol–water partition coefficient (Wildman–Crippen LogP) is 1.07. The van der Waals surface area contributed by atoms with Gasteiger partial charge in [0.05, 0.1) is 18.4 Å². The maximum atomic E-state index is 12.1. The summed E-state index contributed by atoms with van der Waals surface area (Å²) >= 11 is 0. The number of nitrogens with zero attached hydrogens (tertiary/aromatic N) is 1. The van der Waals surface area contributed by atoms with Gasteiger partial charge in [-0.2, -0.15) is 0 Å². The molecule has 0 spiro atoms. The lowest BCUT2D eigenvalue weighted by atomic mass is 10.1. The van der Waals surface area contributed by atoms with Crippen molar-refractivity contribution in [3.8, 4) is 5.88 Å². The highest BCUT2D eigenvalue weighted by Crippen LogP contribution is 2.12. The van der Waals surface area contributed by atoms with E-state index in [9.17, 15) is 13.2 Å². The third-order valence-corrected chi connectivity index (χ3v) is 4.74. The number of carbonyl (C=O) groups excluding carboxylic acids is 1. The second kappa shape index (κ2) is 7.89. The standard InChI is InChI=1S/C16H19N3O4S/c1-17-24(21,22)11-14-6-4-3-5-12(14)9-19-16(20)13-7-8-15(23-2)18-10-13/h3-8,10,17H,9,11H2,1-2H3,(H,19,20). The van der Waals surface area contributed by atoms with Crippen LogP contribution in [0.15, 0.2) is 42.6 Å². The zero-order valence-electron chi connectivity index (χ0n) is 13.4. The maximum Gasteiger partial charge on any atom is 0.253 e. The summed E-state index contributed by atoms with van der Waals surface area (Å²) in [4.78, 5) is 16.1. The number of methoxy groups -OCH3 is 1. The van der Waals surface area contributed by atoms with Crippen LogP contribution in [0.2, 0.25) is 0 Å². The fourth-order valence-electron chi connectivity index (χ4n) is 2.06. The lowest BCUT2D eigenvalue weighted by Crippen LogP contribution is -2.25. The molecule has 0 unspecified atom stereocenters. The molecular formula is C16H19N3O4S. The van der Waals surface area contributed by atoms with Crippen molar-refractivity contribution in [3.63, 3.8) is 0 Å². The first kappa shape index (κ1) is 17.9. The molecule has 128 valence electrons. The number of hydrogen-bond acceptors (Lipinski definition) is 5. The second-order valence-electron chi connectivity index (χ2n) is 5.00. The molecule has 1 aromatic carbocycles. The fourth-order valence-corrected chi connectivity index (χ4v) is 2.90. The van der Waals surface area contributed by atoms with Gasteiger partial charge in [-0.1, -0.05) is 24.3 Å². The van der Waals surface area contributed by atoms with Crippen molar-refractivity contribution in [1.29, 1.82) is 0 Å². The number of hydrogen-bond donors (Lipinski definition) is 2. The Morgan fingerprint density at radius 3 is 2.46 bits per heavy atom. The first-order valence-electron chi connectivity index (χ1n) is 7.21. The molecule has 7 nitrogen and oxygen atoms in total. The van der Waals surface area contributed by atoms with Crippen LogP contribution in [-0.2, 0) is 22.3 Å². The first-order valence-corrected chi connectivity index (χ1v) is 8.86. The monoisotopic (exact) mass is 349 g/mol. The zero-order valence-corrected chi connectivity index (χ0v) is 14.3. The Hall–Kier alpha value is -2.45. The van der Waals surface area contributed by atoms with E-state index in [0.717, 1.165) is 5.56 Å². The molecule has 0 aliphatic heterocycles. The number of carbonyl (C=O) groups is 1. The van der Waals surface area contributed by atoms with Gasteiger partial charge in [0.1, 0.15) is 0 Å². The smallest absolute Gasteiger partial charge is 0.253 e. The number of ether oxygens (including phenoxy) is 1. The maximum absolute atomic E-state index is 12.1. The Kier molecular flexibility index (Phi) is 5.88. The van der Waals surface area contributed by atoms with Gasteiger partial charge in [-0.3, -0.25) is 4.79 Å². The molecule has 0 bridgehead atoms. The fraction of sp³-hybridized carbons (Fsp3) is 0.250. The minimum absolute atomic E-state index is 0.139. The van der Waals surface area contributed by atoms with E-state index in [1.54, 1.807) is 36.4 Å². The normalized spacial score (nSPS) is 11.1. The van der Waals surface area contributed by atoms with Gasteiger partial charge in [-0.05, 0) is 24.2 Å². The van der Waals surface area contributed by atoms with Crippen molar-refractivity contribution in [2.24, 2.45) is 0 Å². The molecule has 0 fully saturated rings. The average Bonchev–Trinajstić information content (AvgIpc) is 2.60. The predicted molar refractivity (Wildman–Crippen MR) is 90.1 cm³/mol. The Morgan fingerprint density at radius 2 is 1.88 bits per heavy atom. The van der Waals surface area contributed by atoms with E-state index in [1.165, 1.54) is 20.4 Å². The molecule has 1 heterocycles. The van der Waals surface area contributed by atoms with Crippen molar-refractivity contribution in [2.45, 2.75) is 12.3 Å². The lowest BCUT2D eigenvalue weighted by molar-refractivity contribution is 0.0950. The van der Waals surface area contributed by atoms with Gasteiger partial charge in [0, 0.05) is 18.8 Å². The number of nitrogens with one attached hydrogen (secondary N) is 2. The minimum atomic E-state index is -3.38. The third-order valence-electron chi connectivity index (χ3n) is 3.42. The largest absolute Gasteiger partial charge is 0.481 e. The van der Waals surface area contributed by atoms with E-state index >= 15 is 0 Å². The van der Waals surface area contributed by atoms with Crippen molar-refractivity contribution in [3.05, 3.63) is 59.3 Å². The van der Waals surface area contributed by atoms with E-state index < -0.39 is 10.0 Å². The number of aromatic nitrogens is 1. The average molecular weight is 349 g/mol. The summed E-state index contributed by atoms with van der Waals surface area (Å²) in [6, 6.07) is 10.3. The van der Waals surface area contributed by atoms with Crippen molar-refractivity contribution < 1.29 is 17.9 Å². The highest BCUT2D eigenvalue weighted by Gasteiger charge is 2.13. The van der Waals surface area contributed by atoms with Crippen LogP contribution in [0.3, 0.4) is 0 Å². The summed E-state index contributed by atoms with van der Waals surface area (Å²) in [5.41, 5.74) is 1.78. The number of pyridine rings is 1. The molecule has 0 aliphatic rings. The number of benzene rings is 1. The molecular weight excluding hydrogens is 330 g/mol. The van der Waals surface area contributed by atoms with E-state index in [1.807, 2.05) is 0 Å². The SMILES string of the molecule is CNS(=O)(=O)Cc1ccccc1CNC(=O)c1ccc(OC)nc1. The van der Waals surface area contributed by atoms with Gasteiger partial charge in [-0.25, -0.2) is 18.1 Å². The van der Waals surface area contributed by atoms with Crippen LogP contribution in [0.5, 0.6) is 5.88 Å². The number of sulfonamides is 1. The molecule has 1 amide bonds. The van der Waals surface area contributed by atoms with Gasteiger partial charge in [0.15, 0.2) is 0 Å². The molecule has 0 atom stereocenters. The summed E-state index contributed by atoms with van der Waals surface area (Å²) in [6.45, 7) is 0.222. The molecule has 2 aromatic rings. The van der Waals surface area contributed by atoms with Crippen LogP contribution in [0.1, 0.15) is 21.5 Å². The van der Waals surface area contributed by atoms with Crippen molar-refractivity contribution >= 4 is 15.9 Å². The molecule has 2 rings (SSSR count). The number of amides is 1. The molecule has 2 N–H and O–H groups in total. The summed E-state index contributed by atoms with van der Waals surface area (Å²) < 4.78 is 30.7. The molecule has 0 saturated heterocycles. The highest BCUT2D eigenvalue weighted by atomic mass is 32.2. The minimum Gasteiger partial charge on any atom is -0.481 e. The molecule has 24 heavy (non-hydrogen) atoms. The third kappa shape index (κ3) is 4.77.